The molecule has 2 aliphatic rings. The Morgan fingerprint density at radius 3 is 2.81 bits per heavy atom. The molecule has 1 aromatic carbocycles. The van der Waals surface area contributed by atoms with E-state index in [4.69, 9.17) is 9.47 Å². The van der Waals surface area contributed by atoms with E-state index in [2.05, 4.69) is 17.4 Å². The Morgan fingerprint density at radius 2 is 2.00 bits per heavy atom. The summed E-state index contributed by atoms with van der Waals surface area (Å²) in [5, 5.41) is 12.9. The van der Waals surface area contributed by atoms with Crippen molar-refractivity contribution in [1.82, 2.24) is 5.32 Å². The van der Waals surface area contributed by atoms with Crippen molar-refractivity contribution in [2.45, 2.75) is 50.5 Å². The largest absolute Gasteiger partial charge is 0.392 e. The van der Waals surface area contributed by atoms with Gasteiger partial charge in [0, 0.05) is 32.4 Å². The van der Waals surface area contributed by atoms with Crippen molar-refractivity contribution in [2.75, 3.05) is 19.8 Å². The SMILES string of the molecule is OCc1cccc(CNC2CCOC3(CCOCC3)C2)c1. The molecule has 2 heterocycles. The Hall–Kier alpha value is -0.940. The first-order chi connectivity index (χ1) is 10.3. The molecule has 4 nitrogen and oxygen atoms in total. The van der Waals surface area contributed by atoms with E-state index in [1.54, 1.807) is 0 Å². The standard InChI is InChI=1S/C17H25NO3/c19-13-15-3-1-2-14(10-15)12-18-16-4-7-21-17(11-16)5-8-20-9-6-17/h1-3,10,16,18-19H,4-9,11-13H2. The van der Waals surface area contributed by atoms with E-state index in [1.807, 2.05) is 12.1 Å². The van der Waals surface area contributed by atoms with Crippen LogP contribution in [0.4, 0.5) is 0 Å². The van der Waals surface area contributed by atoms with E-state index >= 15 is 0 Å². The molecule has 1 spiro atoms. The Balaban J connectivity index is 1.54. The third kappa shape index (κ3) is 3.83. The monoisotopic (exact) mass is 291 g/mol. The van der Waals surface area contributed by atoms with Gasteiger partial charge in [-0.1, -0.05) is 24.3 Å². The van der Waals surface area contributed by atoms with Gasteiger partial charge < -0.3 is 19.9 Å². The van der Waals surface area contributed by atoms with Gasteiger partial charge in [-0.2, -0.15) is 0 Å². The summed E-state index contributed by atoms with van der Waals surface area (Å²) in [6, 6.07) is 8.64. The summed E-state index contributed by atoms with van der Waals surface area (Å²) in [6.45, 7) is 3.45. The van der Waals surface area contributed by atoms with Crippen LogP contribution in [0.2, 0.25) is 0 Å². The molecule has 2 aliphatic heterocycles. The highest BCUT2D eigenvalue weighted by Crippen LogP contribution is 2.34. The molecule has 0 radical (unpaired) electrons. The van der Waals surface area contributed by atoms with Gasteiger partial charge in [-0.25, -0.2) is 0 Å². The summed E-state index contributed by atoms with van der Waals surface area (Å²) in [4.78, 5) is 0. The molecule has 1 unspecified atom stereocenters. The Kier molecular flexibility index (Phi) is 4.91. The van der Waals surface area contributed by atoms with Crippen molar-refractivity contribution < 1.29 is 14.6 Å². The number of hydrogen-bond donors (Lipinski definition) is 2. The lowest BCUT2D eigenvalue weighted by Gasteiger charge is -2.43. The number of aliphatic hydroxyl groups is 1. The van der Waals surface area contributed by atoms with Crippen molar-refractivity contribution in [2.24, 2.45) is 0 Å². The van der Waals surface area contributed by atoms with E-state index in [0.717, 1.165) is 57.6 Å². The van der Waals surface area contributed by atoms with Crippen LogP contribution in [-0.2, 0) is 22.6 Å². The molecule has 0 aromatic heterocycles. The summed E-state index contributed by atoms with van der Waals surface area (Å²) in [6.07, 6.45) is 4.19. The predicted octanol–water partition coefficient (Wildman–Crippen LogP) is 2.00. The minimum absolute atomic E-state index is 0.0428. The van der Waals surface area contributed by atoms with Gasteiger partial charge in [0.15, 0.2) is 0 Å². The van der Waals surface area contributed by atoms with Crippen LogP contribution in [-0.4, -0.2) is 36.6 Å². The van der Waals surface area contributed by atoms with Gasteiger partial charge in [0.05, 0.1) is 12.2 Å². The molecule has 2 fully saturated rings. The second-order valence-electron chi connectivity index (χ2n) is 6.19. The quantitative estimate of drug-likeness (QED) is 0.891. The number of hydrogen-bond acceptors (Lipinski definition) is 4. The maximum atomic E-state index is 9.20. The van der Waals surface area contributed by atoms with Gasteiger partial charge >= 0.3 is 0 Å². The first-order valence-corrected chi connectivity index (χ1v) is 7.93. The lowest BCUT2D eigenvalue weighted by Crippen LogP contribution is -2.49. The van der Waals surface area contributed by atoms with Crippen LogP contribution in [0.3, 0.4) is 0 Å². The highest BCUT2D eigenvalue weighted by atomic mass is 16.5. The third-order valence-corrected chi connectivity index (χ3v) is 4.67. The van der Waals surface area contributed by atoms with Crippen LogP contribution in [0.5, 0.6) is 0 Å². The first kappa shape index (κ1) is 15.0. The molecule has 0 saturated carbocycles. The maximum absolute atomic E-state index is 9.20. The molecular formula is C17H25NO3. The minimum atomic E-state index is 0.0428. The average Bonchev–Trinajstić information content (AvgIpc) is 2.54. The minimum Gasteiger partial charge on any atom is -0.392 e. The number of rotatable bonds is 4. The van der Waals surface area contributed by atoms with Crippen molar-refractivity contribution in [3.63, 3.8) is 0 Å². The number of nitrogens with one attached hydrogen (secondary N) is 1. The molecule has 2 saturated heterocycles. The average molecular weight is 291 g/mol. The van der Waals surface area contributed by atoms with Crippen LogP contribution in [0.1, 0.15) is 36.8 Å². The van der Waals surface area contributed by atoms with Gasteiger partial charge in [0.2, 0.25) is 0 Å². The smallest absolute Gasteiger partial charge is 0.0741 e. The molecule has 116 valence electrons. The zero-order valence-electron chi connectivity index (χ0n) is 12.5. The molecule has 4 heteroatoms. The van der Waals surface area contributed by atoms with E-state index < -0.39 is 0 Å². The maximum Gasteiger partial charge on any atom is 0.0741 e. The summed E-state index contributed by atoms with van der Waals surface area (Å²) in [7, 11) is 0. The van der Waals surface area contributed by atoms with Gasteiger partial charge in [0.25, 0.3) is 0 Å². The van der Waals surface area contributed by atoms with Crippen LogP contribution in [0.25, 0.3) is 0 Å². The molecule has 1 aromatic rings. The number of benzene rings is 1. The van der Waals surface area contributed by atoms with E-state index in [0.29, 0.717) is 6.04 Å². The van der Waals surface area contributed by atoms with Crippen molar-refractivity contribution in [3.8, 4) is 0 Å². The first-order valence-electron chi connectivity index (χ1n) is 7.93. The van der Waals surface area contributed by atoms with Gasteiger partial charge in [-0.3, -0.25) is 0 Å². The molecule has 1 atom stereocenters. The van der Waals surface area contributed by atoms with E-state index in [1.165, 1.54) is 5.56 Å². The summed E-state index contributed by atoms with van der Waals surface area (Å²) in [5.41, 5.74) is 2.25. The zero-order valence-corrected chi connectivity index (χ0v) is 12.5. The molecule has 0 bridgehead atoms. The normalized spacial score (nSPS) is 25.1. The fraction of sp³-hybridized carbons (Fsp3) is 0.647. The molecule has 3 rings (SSSR count). The Morgan fingerprint density at radius 1 is 1.19 bits per heavy atom. The number of aliphatic hydroxyl groups excluding tert-OH is 1. The highest BCUT2D eigenvalue weighted by molar-refractivity contribution is 5.22. The van der Waals surface area contributed by atoms with Gasteiger partial charge in [0.1, 0.15) is 0 Å². The predicted molar refractivity (Wildman–Crippen MR) is 81.0 cm³/mol. The van der Waals surface area contributed by atoms with Crippen LogP contribution in [0, 0.1) is 0 Å². The van der Waals surface area contributed by atoms with Crippen LogP contribution < -0.4 is 5.32 Å². The molecule has 21 heavy (non-hydrogen) atoms. The number of ether oxygens (including phenoxy) is 2. The molecular weight excluding hydrogens is 266 g/mol. The van der Waals surface area contributed by atoms with E-state index in [-0.39, 0.29) is 12.2 Å². The fourth-order valence-electron chi connectivity index (χ4n) is 3.39. The Labute approximate surface area is 126 Å². The highest BCUT2D eigenvalue weighted by Gasteiger charge is 2.38. The van der Waals surface area contributed by atoms with E-state index in [9.17, 15) is 5.11 Å². The van der Waals surface area contributed by atoms with Crippen molar-refractivity contribution in [3.05, 3.63) is 35.4 Å². The molecule has 0 amide bonds. The topological polar surface area (TPSA) is 50.7 Å². The second-order valence-corrected chi connectivity index (χ2v) is 6.19. The second kappa shape index (κ2) is 6.88. The zero-order chi connectivity index (χ0) is 14.5. The van der Waals surface area contributed by atoms with Gasteiger partial charge in [-0.15, -0.1) is 0 Å². The summed E-state index contributed by atoms with van der Waals surface area (Å²) >= 11 is 0. The Bertz CT molecular complexity index is 452. The third-order valence-electron chi connectivity index (χ3n) is 4.67. The molecule has 2 N–H and O–H groups in total. The van der Waals surface area contributed by atoms with Crippen LogP contribution in [0.15, 0.2) is 24.3 Å². The summed E-state index contributed by atoms with van der Waals surface area (Å²) < 4.78 is 11.5. The van der Waals surface area contributed by atoms with Crippen molar-refractivity contribution >= 4 is 0 Å². The summed E-state index contributed by atoms with van der Waals surface area (Å²) in [5.74, 6) is 0. The lowest BCUT2D eigenvalue weighted by molar-refractivity contribution is -0.140. The van der Waals surface area contributed by atoms with Crippen molar-refractivity contribution in [1.29, 1.82) is 0 Å². The molecule has 0 aliphatic carbocycles. The fourth-order valence-corrected chi connectivity index (χ4v) is 3.39. The van der Waals surface area contributed by atoms with Crippen LogP contribution >= 0.6 is 0 Å². The lowest BCUT2D eigenvalue weighted by atomic mass is 9.84. The van der Waals surface area contributed by atoms with Gasteiger partial charge in [-0.05, 0) is 36.8 Å².